The molecule has 0 bridgehead atoms. The van der Waals surface area contributed by atoms with Gasteiger partial charge in [0.25, 0.3) is 0 Å². The Hall–Kier alpha value is -2.28. The van der Waals surface area contributed by atoms with Crippen LogP contribution in [0.25, 0.3) is 0 Å². The third-order valence-electron chi connectivity index (χ3n) is 8.38. The van der Waals surface area contributed by atoms with Gasteiger partial charge in [0.1, 0.15) is 12.1 Å². The van der Waals surface area contributed by atoms with Crippen molar-refractivity contribution >= 4 is 23.8 Å². The lowest BCUT2D eigenvalue weighted by atomic mass is 9.87. The number of hydrogen-bond donors (Lipinski definition) is 1. The zero-order valence-corrected chi connectivity index (χ0v) is 32.1. The fourth-order valence-corrected chi connectivity index (χ4v) is 5.19. The number of rotatable bonds is 9. The molecule has 1 amide bonds. The summed E-state index contributed by atoms with van der Waals surface area (Å²) in [5, 5.41) is 7.39. The van der Waals surface area contributed by atoms with Gasteiger partial charge < -0.3 is 14.8 Å². The third kappa shape index (κ3) is 16.0. The number of likely N-dealkylation sites (tertiary alicyclic amines) is 1. The van der Waals surface area contributed by atoms with E-state index in [0.29, 0.717) is 36.0 Å². The number of hydrogen-bond acceptors (Lipinski definition) is 4. The Morgan fingerprint density at radius 1 is 1.04 bits per heavy atom. The number of nitrogens with zero attached hydrogens (tertiary/aromatic N) is 2. The van der Waals surface area contributed by atoms with Gasteiger partial charge in [0.05, 0.1) is 5.92 Å². The zero-order chi connectivity index (χ0) is 36.0. The Morgan fingerprint density at radius 2 is 1.59 bits per heavy atom. The van der Waals surface area contributed by atoms with Gasteiger partial charge in [0, 0.05) is 56.2 Å². The molecule has 0 aliphatic carbocycles. The van der Waals surface area contributed by atoms with E-state index < -0.39 is 0 Å². The van der Waals surface area contributed by atoms with Crippen LogP contribution in [0.3, 0.4) is 0 Å². The fraction of sp³-hybridized carbons (Fsp3) is 0.641. The van der Waals surface area contributed by atoms with Crippen LogP contribution in [0.5, 0.6) is 0 Å². The molecule has 1 fully saturated rings. The summed E-state index contributed by atoms with van der Waals surface area (Å²) in [7, 11) is 1.00. The molecule has 2 aromatic rings. The lowest BCUT2D eigenvalue weighted by molar-refractivity contribution is -0.136. The molecule has 1 aliphatic rings. The number of carbonyl (C=O) groups is 2. The van der Waals surface area contributed by atoms with Crippen molar-refractivity contribution in [1.82, 2.24) is 9.80 Å². The quantitative estimate of drug-likeness (QED) is 0.271. The van der Waals surface area contributed by atoms with E-state index in [1.165, 1.54) is 22.8 Å². The van der Waals surface area contributed by atoms with Crippen molar-refractivity contribution < 1.29 is 19.1 Å². The number of aldehydes is 1. The van der Waals surface area contributed by atoms with Crippen LogP contribution in [-0.4, -0.2) is 65.9 Å². The highest BCUT2D eigenvalue weighted by atomic mass is 35.5. The van der Waals surface area contributed by atoms with Gasteiger partial charge >= 0.3 is 0 Å². The Bertz CT molecular complexity index is 1100. The summed E-state index contributed by atoms with van der Waals surface area (Å²) < 4.78 is 14.8. The van der Waals surface area contributed by atoms with Gasteiger partial charge in [-0.1, -0.05) is 83.8 Å². The average molecular weight is 665 g/mol. The predicted molar refractivity (Wildman–Crippen MR) is 196 cm³/mol. The molecular weight excluding hydrogens is 599 g/mol. The maximum absolute atomic E-state index is 14.8. The standard InChI is InChI=1S/C24H38ClFN2O.C9H12.C3H6O.C2H6.CH4O/c1-7-12-27(13-11-17(3)8-2)23(29)21-16-28(24(4,5)6)15-20(21)19-10-9-18(25)14-22(19)26;1-7-5-4-6-8(2)9(7)3;1-2-3-4;2*1-2/h9-10,14,17,20-21H,7-8,11-13,15-16H2,1-6H3;4-6H,1-3H3;3H,2H2,1H3;1-2H3;2H,1H3/t17?,20-,21?;;;;/m0..../s1. The Balaban J connectivity index is 0. The van der Waals surface area contributed by atoms with Crippen LogP contribution in [0, 0.1) is 38.4 Å². The molecule has 264 valence electrons. The van der Waals surface area contributed by atoms with Gasteiger partial charge in [0.2, 0.25) is 5.91 Å². The largest absolute Gasteiger partial charge is 0.400 e. The van der Waals surface area contributed by atoms with E-state index in [4.69, 9.17) is 16.7 Å². The molecule has 7 heteroatoms. The van der Waals surface area contributed by atoms with Gasteiger partial charge in [0.15, 0.2) is 0 Å². The first-order chi connectivity index (χ1) is 21.7. The van der Waals surface area contributed by atoms with Crippen molar-refractivity contribution in [3.8, 4) is 0 Å². The molecule has 0 aromatic heterocycles. The summed E-state index contributed by atoms with van der Waals surface area (Å²) in [4.78, 5) is 27.1. The van der Waals surface area contributed by atoms with Gasteiger partial charge in [-0.15, -0.1) is 0 Å². The minimum atomic E-state index is -0.308. The average Bonchev–Trinajstić information content (AvgIpc) is 3.50. The fourth-order valence-electron chi connectivity index (χ4n) is 5.03. The molecule has 3 atom stereocenters. The van der Waals surface area contributed by atoms with Crippen molar-refractivity contribution in [3.05, 3.63) is 69.5 Å². The van der Waals surface area contributed by atoms with Crippen LogP contribution < -0.4 is 0 Å². The topological polar surface area (TPSA) is 60.9 Å². The number of amides is 1. The molecule has 2 unspecified atom stereocenters. The van der Waals surface area contributed by atoms with E-state index in [-0.39, 0.29) is 29.1 Å². The predicted octanol–water partition coefficient (Wildman–Crippen LogP) is 9.81. The Labute approximate surface area is 286 Å². The molecule has 1 heterocycles. The van der Waals surface area contributed by atoms with E-state index in [1.54, 1.807) is 12.1 Å². The van der Waals surface area contributed by atoms with Crippen molar-refractivity contribution in [3.63, 3.8) is 0 Å². The number of benzene rings is 2. The van der Waals surface area contributed by atoms with Gasteiger partial charge in [-0.2, -0.15) is 0 Å². The second-order valence-corrected chi connectivity index (χ2v) is 13.1. The summed E-state index contributed by atoms with van der Waals surface area (Å²) in [5.74, 6) is 0.0793. The van der Waals surface area contributed by atoms with Crippen molar-refractivity contribution in [2.75, 3.05) is 33.3 Å². The minimum Gasteiger partial charge on any atom is -0.400 e. The van der Waals surface area contributed by atoms with Crippen LogP contribution in [0.15, 0.2) is 36.4 Å². The normalized spacial score (nSPS) is 16.2. The molecular formula is C39H66ClFN2O3. The number of carbonyl (C=O) groups excluding carboxylic acids is 2. The summed E-state index contributed by atoms with van der Waals surface area (Å²) in [6.07, 6.45) is 4.58. The molecule has 1 aliphatic heterocycles. The van der Waals surface area contributed by atoms with E-state index in [0.717, 1.165) is 45.7 Å². The molecule has 3 rings (SSSR count). The van der Waals surface area contributed by atoms with Crippen LogP contribution in [0.2, 0.25) is 5.02 Å². The van der Waals surface area contributed by atoms with Crippen molar-refractivity contribution in [1.29, 1.82) is 0 Å². The minimum absolute atomic E-state index is 0.0670. The summed E-state index contributed by atoms with van der Waals surface area (Å²) in [6.45, 7) is 28.1. The van der Waals surface area contributed by atoms with E-state index in [9.17, 15) is 14.0 Å². The Morgan fingerprint density at radius 3 is 2.00 bits per heavy atom. The lowest BCUT2D eigenvalue weighted by Gasteiger charge is -2.32. The second-order valence-electron chi connectivity index (χ2n) is 12.7. The van der Waals surface area contributed by atoms with E-state index in [1.807, 2.05) is 25.7 Å². The van der Waals surface area contributed by atoms with Crippen LogP contribution in [0.1, 0.15) is 116 Å². The number of aliphatic hydroxyl groups is 1. The lowest BCUT2D eigenvalue weighted by Crippen LogP contribution is -2.43. The number of aryl methyl sites for hydroxylation is 2. The number of halogens is 2. The van der Waals surface area contributed by atoms with Crippen LogP contribution in [0.4, 0.5) is 4.39 Å². The summed E-state index contributed by atoms with van der Waals surface area (Å²) in [6, 6.07) is 11.2. The highest BCUT2D eigenvalue weighted by molar-refractivity contribution is 6.30. The highest BCUT2D eigenvalue weighted by Gasteiger charge is 2.44. The monoisotopic (exact) mass is 664 g/mol. The van der Waals surface area contributed by atoms with Gasteiger partial charge in [-0.25, -0.2) is 4.39 Å². The molecule has 46 heavy (non-hydrogen) atoms. The first-order valence-electron chi connectivity index (χ1n) is 17.1. The molecule has 1 N–H and O–H groups in total. The third-order valence-corrected chi connectivity index (χ3v) is 8.62. The molecule has 0 saturated carbocycles. The van der Waals surface area contributed by atoms with E-state index in [2.05, 4.69) is 85.4 Å². The molecule has 5 nitrogen and oxygen atoms in total. The van der Waals surface area contributed by atoms with E-state index >= 15 is 0 Å². The smallest absolute Gasteiger partial charge is 0.227 e. The zero-order valence-electron chi connectivity index (χ0n) is 31.3. The van der Waals surface area contributed by atoms with Crippen LogP contribution in [-0.2, 0) is 9.59 Å². The van der Waals surface area contributed by atoms with Gasteiger partial charge in [-0.3, -0.25) is 9.69 Å². The molecule has 1 saturated heterocycles. The molecule has 0 spiro atoms. The first-order valence-corrected chi connectivity index (χ1v) is 17.5. The van der Waals surface area contributed by atoms with Gasteiger partial charge in [-0.05, 0) is 94.7 Å². The maximum Gasteiger partial charge on any atom is 0.227 e. The second kappa shape index (κ2) is 24.8. The summed E-state index contributed by atoms with van der Waals surface area (Å²) in [5.41, 5.74) is 4.73. The number of aliphatic hydroxyl groups excluding tert-OH is 1. The highest BCUT2D eigenvalue weighted by Crippen LogP contribution is 2.39. The SMILES string of the molecule is CC.CCC=O.CCCN(CCC(C)CC)C(=O)C1CN(C(C)(C)C)C[C@H]1c1ccc(Cl)cc1F.CO.Cc1cccc(C)c1C. The summed E-state index contributed by atoms with van der Waals surface area (Å²) >= 11 is 5.97. The molecule has 0 radical (unpaired) electrons. The first kappa shape index (κ1) is 45.8. The van der Waals surface area contributed by atoms with Crippen LogP contribution >= 0.6 is 11.6 Å². The van der Waals surface area contributed by atoms with Crippen molar-refractivity contribution in [2.45, 2.75) is 120 Å². The Kier molecular flexibility index (Phi) is 24.7. The molecule has 2 aromatic carbocycles. The van der Waals surface area contributed by atoms with Crippen molar-refractivity contribution in [2.24, 2.45) is 11.8 Å². The maximum atomic E-state index is 14.8.